The largest absolute Gasteiger partial charge is 1.00 e. The Morgan fingerprint density at radius 1 is 1.00 bits per heavy atom. The van der Waals surface area contributed by atoms with E-state index in [1.54, 1.807) is 23.6 Å². The second-order valence-electron chi connectivity index (χ2n) is 4.90. The molecule has 4 nitrogen and oxygen atoms in total. The zero-order valence-corrected chi connectivity index (χ0v) is 14.6. The lowest BCUT2D eigenvalue weighted by Crippen LogP contribution is -3.00. The van der Waals surface area contributed by atoms with Gasteiger partial charge in [-0.3, -0.25) is 4.79 Å². The van der Waals surface area contributed by atoms with E-state index in [9.17, 15) is 9.59 Å². The van der Waals surface area contributed by atoms with E-state index in [1.165, 1.54) is 7.11 Å². The number of carbonyl (C=O) groups is 2. The molecule has 0 bridgehead atoms. The van der Waals surface area contributed by atoms with Crippen molar-refractivity contribution in [2.24, 2.45) is 0 Å². The van der Waals surface area contributed by atoms with Crippen LogP contribution in [0.2, 0.25) is 0 Å². The molecule has 0 N–H and O–H groups in total. The van der Waals surface area contributed by atoms with Gasteiger partial charge in [-0.15, -0.1) is 0 Å². The fourth-order valence-corrected chi connectivity index (χ4v) is 1.99. The summed E-state index contributed by atoms with van der Waals surface area (Å²) >= 11 is 0. The van der Waals surface area contributed by atoms with E-state index < -0.39 is 0 Å². The first-order valence-corrected chi connectivity index (χ1v) is 6.96. The molecule has 1 heterocycles. The molecule has 2 aromatic rings. The number of hydrogen-bond acceptors (Lipinski definition) is 3. The Kier molecular flexibility index (Phi) is 7.35. The standard InChI is InChI=1S/C18H18NO3.BrH/c1-14(18(21)22-2)19-11-9-16(10-12-19)4-3-15-5-7-17(13-20)8-6-15;/h3-14H,1-2H3;1H/q+1;/p-1/b4-3+;. The van der Waals surface area contributed by atoms with Gasteiger partial charge >= 0.3 is 5.97 Å². The highest BCUT2D eigenvalue weighted by Gasteiger charge is 2.21. The van der Waals surface area contributed by atoms with Crippen molar-refractivity contribution in [3.05, 3.63) is 65.5 Å². The summed E-state index contributed by atoms with van der Waals surface area (Å²) in [5.74, 6) is -0.274. The SMILES string of the molecule is COC(=O)C(C)[n+]1ccc(/C=C/c2ccc(C=O)cc2)cc1.[Br-]. The summed E-state index contributed by atoms with van der Waals surface area (Å²) in [4.78, 5) is 22.1. The summed E-state index contributed by atoms with van der Waals surface area (Å²) < 4.78 is 6.52. The number of ether oxygens (including phenoxy) is 1. The third-order valence-corrected chi connectivity index (χ3v) is 3.41. The lowest BCUT2D eigenvalue weighted by atomic mass is 10.1. The molecule has 1 aromatic carbocycles. The Labute approximate surface area is 146 Å². The highest BCUT2D eigenvalue weighted by molar-refractivity contribution is 5.76. The average Bonchev–Trinajstić information content (AvgIpc) is 2.59. The maximum atomic E-state index is 11.5. The molecule has 1 unspecified atom stereocenters. The molecule has 0 aliphatic heterocycles. The van der Waals surface area contributed by atoms with E-state index >= 15 is 0 Å². The third-order valence-electron chi connectivity index (χ3n) is 3.41. The van der Waals surface area contributed by atoms with Crippen LogP contribution in [-0.4, -0.2) is 19.4 Å². The maximum absolute atomic E-state index is 11.5. The van der Waals surface area contributed by atoms with E-state index in [2.05, 4.69) is 0 Å². The number of aromatic nitrogens is 1. The van der Waals surface area contributed by atoms with E-state index in [1.807, 2.05) is 48.8 Å². The van der Waals surface area contributed by atoms with Gasteiger partial charge in [0.2, 0.25) is 0 Å². The molecule has 0 aliphatic rings. The minimum Gasteiger partial charge on any atom is -1.00 e. The highest BCUT2D eigenvalue weighted by Crippen LogP contribution is 2.09. The van der Waals surface area contributed by atoms with Crippen LogP contribution in [0.15, 0.2) is 48.8 Å². The Morgan fingerprint density at radius 3 is 1.96 bits per heavy atom. The number of rotatable bonds is 5. The Morgan fingerprint density at radius 2 is 1.48 bits per heavy atom. The second kappa shape index (κ2) is 9.00. The van der Waals surface area contributed by atoms with Crippen molar-refractivity contribution in [1.29, 1.82) is 0 Å². The lowest BCUT2D eigenvalue weighted by molar-refractivity contribution is -0.707. The Balaban J connectivity index is 0.00000264. The molecule has 5 heteroatoms. The first-order chi connectivity index (χ1) is 10.6. The maximum Gasteiger partial charge on any atom is 0.375 e. The van der Waals surface area contributed by atoms with Gasteiger partial charge in [-0.2, -0.15) is 4.57 Å². The molecule has 2 rings (SSSR count). The number of nitrogens with zero attached hydrogens (tertiary/aromatic N) is 1. The summed E-state index contributed by atoms with van der Waals surface area (Å²) in [6.07, 6.45) is 8.46. The molecule has 0 aliphatic carbocycles. The predicted molar refractivity (Wildman–Crippen MR) is 84.1 cm³/mol. The highest BCUT2D eigenvalue weighted by atomic mass is 79.9. The first kappa shape index (κ1) is 18.8. The van der Waals surface area contributed by atoms with Crippen molar-refractivity contribution >= 4 is 24.4 Å². The van der Waals surface area contributed by atoms with Gasteiger partial charge in [0.1, 0.15) is 6.29 Å². The van der Waals surface area contributed by atoms with Crippen LogP contribution < -0.4 is 21.5 Å². The number of carbonyl (C=O) groups excluding carboxylic acids is 2. The number of hydrogen-bond donors (Lipinski definition) is 0. The van der Waals surface area contributed by atoms with Gasteiger partial charge < -0.3 is 21.7 Å². The van der Waals surface area contributed by atoms with Gasteiger partial charge in [0.15, 0.2) is 12.4 Å². The number of esters is 1. The van der Waals surface area contributed by atoms with Gasteiger partial charge in [-0.25, -0.2) is 4.79 Å². The van der Waals surface area contributed by atoms with Crippen LogP contribution in [0.4, 0.5) is 0 Å². The summed E-state index contributed by atoms with van der Waals surface area (Å²) in [6, 6.07) is 10.9. The zero-order valence-electron chi connectivity index (χ0n) is 13.0. The van der Waals surface area contributed by atoms with Crippen molar-refractivity contribution in [3.8, 4) is 0 Å². The smallest absolute Gasteiger partial charge is 0.375 e. The molecular weight excluding hydrogens is 358 g/mol. The molecule has 0 fully saturated rings. The van der Waals surface area contributed by atoms with E-state index in [0.717, 1.165) is 17.4 Å². The molecule has 0 saturated carbocycles. The fraction of sp³-hybridized carbons (Fsp3) is 0.167. The van der Waals surface area contributed by atoms with E-state index in [4.69, 9.17) is 4.74 Å². The summed E-state index contributed by atoms with van der Waals surface area (Å²) in [5, 5.41) is 0. The molecule has 0 saturated heterocycles. The van der Waals surface area contributed by atoms with Crippen LogP contribution in [-0.2, 0) is 9.53 Å². The Hall–Kier alpha value is -2.27. The molecule has 0 spiro atoms. The van der Waals surface area contributed by atoms with Crippen LogP contribution in [0.1, 0.15) is 34.5 Å². The van der Waals surface area contributed by atoms with E-state index in [-0.39, 0.29) is 29.0 Å². The Bertz CT molecular complexity index is 678. The number of benzene rings is 1. The monoisotopic (exact) mass is 375 g/mol. The second-order valence-corrected chi connectivity index (χ2v) is 4.90. The quantitative estimate of drug-likeness (QED) is 0.409. The number of methoxy groups -OCH3 is 1. The molecular formula is C18H18BrNO3. The number of pyridine rings is 1. The predicted octanol–water partition coefficient (Wildman–Crippen LogP) is -0.305. The van der Waals surface area contributed by atoms with Crippen molar-refractivity contribution in [2.75, 3.05) is 7.11 Å². The topological polar surface area (TPSA) is 47.2 Å². The van der Waals surface area contributed by atoms with Crippen molar-refractivity contribution in [1.82, 2.24) is 0 Å². The summed E-state index contributed by atoms with van der Waals surface area (Å²) in [6.45, 7) is 1.79. The van der Waals surface area contributed by atoms with Crippen LogP contribution >= 0.6 is 0 Å². The average molecular weight is 376 g/mol. The van der Waals surface area contributed by atoms with Gasteiger partial charge in [0.05, 0.1) is 7.11 Å². The minimum atomic E-state index is -0.348. The molecule has 1 aromatic heterocycles. The first-order valence-electron chi connectivity index (χ1n) is 6.96. The summed E-state index contributed by atoms with van der Waals surface area (Å²) in [7, 11) is 1.38. The van der Waals surface area contributed by atoms with Gasteiger partial charge in [0.25, 0.3) is 6.04 Å². The van der Waals surface area contributed by atoms with E-state index in [0.29, 0.717) is 5.56 Å². The molecule has 23 heavy (non-hydrogen) atoms. The molecule has 0 amide bonds. The van der Waals surface area contributed by atoms with Crippen LogP contribution in [0, 0.1) is 0 Å². The zero-order chi connectivity index (χ0) is 15.9. The molecule has 0 radical (unpaired) electrons. The third kappa shape index (κ3) is 5.14. The van der Waals surface area contributed by atoms with Gasteiger partial charge in [-0.1, -0.05) is 36.4 Å². The van der Waals surface area contributed by atoms with Crippen LogP contribution in [0.3, 0.4) is 0 Å². The number of halogens is 1. The van der Waals surface area contributed by atoms with Crippen LogP contribution in [0.5, 0.6) is 0 Å². The normalized spacial score (nSPS) is 11.6. The van der Waals surface area contributed by atoms with Crippen molar-refractivity contribution < 1.29 is 35.9 Å². The lowest BCUT2D eigenvalue weighted by Gasteiger charge is -2.04. The molecule has 120 valence electrons. The van der Waals surface area contributed by atoms with Crippen molar-refractivity contribution in [3.63, 3.8) is 0 Å². The molecule has 1 atom stereocenters. The van der Waals surface area contributed by atoms with Crippen LogP contribution in [0.25, 0.3) is 12.2 Å². The number of aldehydes is 1. The fourth-order valence-electron chi connectivity index (χ4n) is 1.99. The summed E-state index contributed by atoms with van der Waals surface area (Å²) in [5.41, 5.74) is 2.70. The minimum absolute atomic E-state index is 0. The van der Waals surface area contributed by atoms with Gasteiger partial charge in [0, 0.05) is 24.6 Å². The van der Waals surface area contributed by atoms with Gasteiger partial charge in [-0.05, 0) is 11.1 Å². The van der Waals surface area contributed by atoms with Crippen molar-refractivity contribution in [2.45, 2.75) is 13.0 Å².